The average Bonchev–Trinajstić information content (AvgIpc) is 3.34. The second-order valence-electron chi connectivity index (χ2n) is 7.30. The number of benzene rings is 2. The number of hydrogen-bond donors (Lipinski definition) is 1. The Morgan fingerprint density at radius 3 is 2.55 bits per heavy atom. The Hall–Kier alpha value is -3.45. The van der Waals surface area contributed by atoms with Crippen molar-refractivity contribution in [2.24, 2.45) is 0 Å². The molecule has 0 unspecified atom stereocenters. The van der Waals surface area contributed by atoms with Gasteiger partial charge in [-0.25, -0.2) is 9.67 Å². The third-order valence-corrected chi connectivity index (χ3v) is 5.97. The zero-order valence-electron chi connectivity index (χ0n) is 17.8. The molecule has 0 saturated carbocycles. The number of hydrogen-bond acceptors (Lipinski definition) is 5. The molecule has 0 aliphatic rings. The Balaban J connectivity index is 1.48. The summed E-state index contributed by atoms with van der Waals surface area (Å²) in [5, 5.41) is 10.3. The molecule has 0 atom stereocenters. The van der Waals surface area contributed by atoms with Crippen molar-refractivity contribution >= 4 is 22.9 Å². The second kappa shape index (κ2) is 9.14. The molecule has 0 spiro atoms. The maximum Gasteiger partial charge on any atom is 0.230 e. The third-order valence-electron chi connectivity index (χ3n) is 5.10. The third kappa shape index (κ3) is 4.83. The first-order chi connectivity index (χ1) is 15.0. The van der Waals surface area contributed by atoms with E-state index in [1.165, 1.54) is 22.5 Å². The fraction of sp³-hybridized carbons (Fsp3) is 0.208. The molecular weight excluding hydrogens is 408 g/mol. The van der Waals surface area contributed by atoms with Crippen LogP contribution in [0.4, 0.5) is 5.69 Å². The molecule has 0 fully saturated rings. The molecule has 4 rings (SSSR count). The SMILES string of the molecule is COc1ccc(Cc2c(C)nn(-c3nc(CC(=O)Nc4ccccc4)cs3)c2C)cc1. The van der Waals surface area contributed by atoms with Crippen molar-refractivity contribution in [2.45, 2.75) is 26.7 Å². The van der Waals surface area contributed by atoms with E-state index in [4.69, 9.17) is 9.84 Å². The van der Waals surface area contributed by atoms with Crippen LogP contribution in [-0.4, -0.2) is 27.8 Å². The van der Waals surface area contributed by atoms with E-state index in [1.54, 1.807) is 7.11 Å². The van der Waals surface area contributed by atoms with Gasteiger partial charge in [0.25, 0.3) is 0 Å². The molecule has 1 N–H and O–H groups in total. The summed E-state index contributed by atoms with van der Waals surface area (Å²) in [6, 6.07) is 17.5. The van der Waals surface area contributed by atoms with Gasteiger partial charge >= 0.3 is 0 Å². The van der Waals surface area contributed by atoms with Crippen LogP contribution in [0.1, 0.15) is 28.2 Å². The standard InChI is InChI=1S/C24H24N4O2S/c1-16-22(13-18-9-11-21(30-3)12-10-18)17(2)28(27-16)24-26-20(15-31-24)14-23(29)25-19-7-5-4-6-8-19/h4-12,15H,13-14H2,1-3H3,(H,25,29). The summed E-state index contributed by atoms with van der Waals surface area (Å²) >= 11 is 1.49. The van der Waals surface area contributed by atoms with E-state index in [2.05, 4.69) is 29.4 Å². The van der Waals surface area contributed by atoms with Gasteiger partial charge in [-0.3, -0.25) is 4.79 Å². The minimum Gasteiger partial charge on any atom is -0.497 e. The minimum absolute atomic E-state index is 0.0865. The Bertz CT molecular complexity index is 1180. The van der Waals surface area contributed by atoms with Gasteiger partial charge in [0.2, 0.25) is 11.0 Å². The second-order valence-corrected chi connectivity index (χ2v) is 8.13. The monoisotopic (exact) mass is 432 g/mol. The highest BCUT2D eigenvalue weighted by Crippen LogP contribution is 2.24. The number of anilines is 1. The van der Waals surface area contributed by atoms with Gasteiger partial charge in [-0.05, 0) is 43.7 Å². The lowest BCUT2D eigenvalue weighted by Gasteiger charge is -2.05. The summed E-state index contributed by atoms with van der Waals surface area (Å²) in [5.41, 5.74) is 5.94. The van der Waals surface area contributed by atoms with Gasteiger partial charge in [-0.15, -0.1) is 11.3 Å². The van der Waals surface area contributed by atoms with Crippen molar-refractivity contribution < 1.29 is 9.53 Å². The number of thiazole rings is 1. The van der Waals surface area contributed by atoms with Gasteiger partial charge < -0.3 is 10.1 Å². The Kier molecular flexibility index (Phi) is 6.13. The number of amides is 1. The van der Waals surface area contributed by atoms with Crippen molar-refractivity contribution in [3.63, 3.8) is 0 Å². The summed E-state index contributed by atoms with van der Waals surface area (Å²) in [6.07, 6.45) is 1.02. The molecule has 6 nitrogen and oxygen atoms in total. The molecule has 2 aromatic carbocycles. The van der Waals surface area contributed by atoms with Crippen molar-refractivity contribution in [2.75, 3.05) is 12.4 Å². The van der Waals surface area contributed by atoms with Gasteiger partial charge in [0.1, 0.15) is 5.75 Å². The molecule has 31 heavy (non-hydrogen) atoms. The number of methoxy groups -OCH3 is 1. The quantitative estimate of drug-likeness (QED) is 0.459. The van der Waals surface area contributed by atoms with Crippen molar-refractivity contribution in [1.82, 2.24) is 14.8 Å². The molecule has 7 heteroatoms. The molecule has 0 radical (unpaired) electrons. The average molecular weight is 433 g/mol. The molecule has 2 heterocycles. The molecular formula is C24H24N4O2S. The number of nitrogens with zero attached hydrogens (tertiary/aromatic N) is 3. The number of para-hydroxylation sites is 1. The molecule has 0 bridgehead atoms. The first-order valence-electron chi connectivity index (χ1n) is 10.0. The fourth-order valence-corrected chi connectivity index (χ4v) is 4.26. The lowest BCUT2D eigenvalue weighted by molar-refractivity contribution is -0.115. The number of aryl methyl sites for hydroxylation is 1. The zero-order chi connectivity index (χ0) is 21.8. The Morgan fingerprint density at radius 2 is 1.84 bits per heavy atom. The lowest BCUT2D eigenvalue weighted by atomic mass is 10.0. The van der Waals surface area contributed by atoms with Gasteiger partial charge in [-0.2, -0.15) is 5.10 Å². The molecule has 158 valence electrons. The highest BCUT2D eigenvalue weighted by Gasteiger charge is 2.16. The Morgan fingerprint density at radius 1 is 1.10 bits per heavy atom. The van der Waals surface area contributed by atoms with Gasteiger partial charge in [0.15, 0.2) is 0 Å². The first kappa shape index (κ1) is 20.8. The van der Waals surface area contributed by atoms with E-state index >= 15 is 0 Å². The fourth-order valence-electron chi connectivity index (χ4n) is 3.43. The Labute approximate surface area is 185 Å². The minimum atomic E-state index is -0.0865. The van der Waals surface area contributed by atoms with Crippen LogP contribution in [0.3, 0.4) is 0 Å². The van der Waals surface area contributed by atoms with E-state index in [0.717, 1.165) is 40.1 Å². The van der Waals surface area contributed by atoms with Crippen LogP contribution in [0.25, 0.3) is 5.13 Å². The molecule has 1 amide bonds. The van der Waals surface area contributed by atoms with Crippen LogP contribution < -0.4 is 10.1 Å². The van der Waals surface area contributed by atoms with Gasteiger partial charge in [0, 0.05) is 28.7 Å². The van der Waals surface area contributed by atoms with Crippen molar-refractivity contribution in [3.8, 4) is 10.9 Å². The number of ether oxygens (including phenoxy) is 1. The topological polar surface area (TPSA) is 69.0 Å². The summed E-state index contributed by atoms with van der Waals surface area (Å²) < 4.78 is 7.11. The summed E-state index contributed by atoms with van der Waals surface area (Å²) in [5.74, 6) is 0.760. The first-order valence-corrected chi connectivity index (χ1v) is 10.9. The summed E-state index contributed by atoms with van der Waals surface area (Å²) in [7, 11) is 1.67. The number of aromatic nitrogens is 3. The van der Waals surface area contributed by atoms with Crippen LogP contribution in [-0.2, 0) is 17.6 Å². The molecule has 0 saturated heterocycles. The highest BCUT2D eigenvalue weighted by molar-refractivity contribution is 7.12. The summed E-state index contributed by atoms with van der Waals surface area (Å²) in [4.78, 5) is 17.0. The van der Waals surface area contributed by atoms with Crippen LogP contribution in [0.2, 0.25) is 0 Å². The van der Waals surface area contributed by atoms with Crippen LogP contribution in [0, 0.1) is 13.8 Å². The van der Waals surface area contributed by atoms with Gasteiger partial charge in [0.05, 0.1) is 24.9 Å². The molecule has 0 aliphatic heterocycles. The molecule has 4 aromatic rings. The zero-order valence-corrected chi connectivity index (χ0v) is 18.6. The van der Waals surface area contributed by atoms with Crippen molar-refractivity contribution in [3.05, 3.63) is 88.2 Å². The molecule has 2 aromatic heterocycles. The number of nitrogens with one attached hydrogen (secondary N) is 1. The maximum absolute atomic E-state index is 12.3. The smallest absolute Gasteiger partial charge is 0.230 e. The largest absolute Gasteiger partial charge is 0.497 e. The normalized spacial score (nSPS) is 10.8. The van der Waals surface area contributed by atoms with E-state index in [9.17, 15) is 4.79 Å². The number of carbonyl (C=O) groups excluding carboxylic acids is 1. The van der Waals surface area contributed by atoms with Crippen LogP contribution in [0.5, 0.6) is 5.75 Å². The predicted molar refractivity (Wildman–Crippen MR) is 123 cm³/mol. The number of carbonyl (C=O) groups is 1. The van der Waals surface area contributed by atoms with E-state index < -0.39 is 0 Å². The van der Waals surface area contributed by atoms with E-state index in [0.29, 0.717) is 0 Å². The predicted octanol–water partition coefficient (Wildman–Crippen LogP) is 4.73. The molecule has 0 aliphatic carbocycles. The van der Waals surface area contributed by atoms with E-state index in [-0.39, 0.29) is 12.3 Å². The maximum atomic E-state index is 12.3. The van der Waals surface area contributed by atoms with Crippen LogP contribution >= 0.6 is 11.3 Å². The van der Waals surface area contributed by atoms with Gasteiger partial charge in [-0.1, -0.05) is 30.3 Å². The summed E-state index contributed by atoms with van der Waals surface area (Å²) in [6.45, 7) is 4.08. The highest BCUT2D eigenvalue weighted by atomic mass is 32.1. The lowest BCUT2D eigenvalue weighted by Crippen LogP contribution is -2.14. The van der Waals surface area contributed by atoms with Crippen LogP contribution in [0.15, 0.2) is 60.0 Å². The number of rotatable bonds is 7. The van der Waals surface area contributed by atoms with Crippen molar-refractivity contribution in [1.29, 1.82) is 0 Å². The van der Waals surface area contributed by atoms with E-state index in [1.807, 2.05) is 59.5 Å².